The average Bonchev–Trinajstić information content (AvgIpc) is 2.69. The van der Waals surface area contributed by atoms with Crippen LogP contribution in [0.5, 0.6) is 11.5 Å². The number of nitrogens with one attached hydrogen (secondary N) is 2. The molecule has 0 saturated heterocycles. The van der Waals surface area contributed by atoms with Crippen molar-refractivity contribution < 1.29 is 19.1 Å². The lowest BCUT2D eigenvalue weighted by molar-refractivity contribution is 0.0844. The summed E-state index contributed by atoms with van der Waals surface area (Å²) in [6.45, 7) is 6.46. The summed E-state index contributed by atoms with van der Waals surface area (Å²) in [5.41, 5.74) is 5.54. The Hall–Kier alpha value is -3.28. The van der Waals surface area contributed by atoms with Gasteiger partial charge in [-0.1, -0.05) is 31.7 Å². The third kappa shape index (κ3) is 5.37. The fourth-order valence-electron chi connectivity index (χ4n) is 2.10. The van der Waals surface area contributed by atoms with E-state index in [0.717, 1.165) is 6.42 Å². The molecular weight excluding hydrogens is 332 g/mol. The Morgan fingerprint density at radius 1 is 1.00 bits per heavy atom. The molecule has 2 aromatic carbocycles. The lowest BCUT2D eigenvalue weighted by atomic mass is 10.2. The van der Waals surface area contributed by atoms with Gasteiger partial charge in [-0.05, 0) is 42.8 Å². The van der Waals surface area contributed by atoms with Gasteiger partial charge in [0.2, 0.25) is 0 Å². The highest BCUT2D eigenvalue weighted by atomic mass is 16.5. The molecular formula is C20H22N2O4. The molecule has 0 aromatic heterocycles. The number of benzene rings is 2. The first kappa shape index (κ1) is 19.1. The fourth-order valence-corrected chi connectivity index (χ4v) is 2.10. The van der Waals surface area contributed by atoms with Crippen molar-refractivity contribution in [1.82, 2.24) is 10.9 Å². The minimum Gasteiger partial charge on any atom is -0.493 e. The summed E-state index contributed by atoms with van der Waals surface area (Å²) in [5.74, 6) is 0.230. The molecule has 0 atom stereocenters. The van der Waals surface area contributed by atoms with Gasteiger partial charge in [-0.3, -0.25) is 20.4 Å². The van der Waals surface area contributed by atoms with E-state index in [9.17, 15) is 9.59 Å². The Morgan fingerprint density at radius 2 is 1.69 bits per heavy atom. The Balaban J connectivity index is 1.94. The van der Waals surface area contributed by atoms with E-state index in [4.69, 9.17) is 9.47 Å². The number of hydrogen-bond acceptors (Lipinski definition) is 4. The van der Waals surface area contributed by atoms with Crippen molar-refractivity contribution in [2.75, 3.05) is 13.2 Å². The molecule has 0 heterocycles. The Kier molecular flexibility index (Phi) is 7.24. The van der Waals surface area contributed by atoms with Crippen LogP contribution in [-0.2, 0) is 0 Å². The average molecular weight is 354 g/mol. The van der Waals surface area contributed by atoms with Gasteiger partial charge in [-0.25, -0.2) is 0 Å². The van der Waals surface area contributed by atoms with Crippen molar-refractivity contribution in [3.63, 3.8) is 0 Å². The normalized spacial score (nSPS) is 9.88. The monoisotopic (exact) mass is 354 g/mol. The minimum absolute atomic E-state index is 0.356. The van der Waals surface area contributed by atoms with Crippen molar-refractivity contribution in [3.8, 4) is 11.5 Å². The molecule has 0 bridgehead atoms. The Labute approximate surface area is 152 Å². The van der Waals surface area contributed by atoms with Gasteiger partial charge in [0, 0.05) is 5.56 Å². The summed E-state index contributed by atoms with van der Waals surface area (Å²) >= 11 is 0. The summed E-state index contributed by atoms with van der Waals surface area (Å²) in [6, 6.07) is 13.4. The minimum atomic E-state index is -0.448. The molecule has 0 radical (unpaired) electrons. The Bertz CT molecular complexity index is 757. The second-order valence-electron chi connectivity index (χ2n) is 5.38. The maximum Gasteiger partial charge on any atom is 0.273 e. The van der Waals surface area contributed by atoms with Crippen LogP contribution < -0.4 is 20.3 Å². The summed E-state index contributed by atoms with van der Waals surface area (Å²) < 4.78 is 10.9. The van der Waals surface area contributed by atoms with Crippen molar-refractivity contribution in [3.05, 3.63) is 72.3 Å². The van der Waals surface area contributed by atoms with Gasteiger partial charge in [-0.15, -0.1) is 0 Å². The molecule has 2 amide bonds. The van der Waals surface area contributed by atoms with Crippen LogP contribution >= 0.6 is 0 Å². The Morgan fingerprint density at radius 3 is 2.38 bits per heavy atom. The maximum atomic E-state index is 12.3. The molecule has 0 aliphatic rings. The van der Waals surface area contributed by atoms with Crippen molar-refractivity contribution >= 4 is 11.8 Å². The first-order valence-electron chi connectivity index (χ1n) is 8.32. The first-order chi connectivity index (χ1) is 12.7. The summed E-state index contributed by atoms with van der Waals surface area (Å²) in [6.07, 6.45) is 2.47. The molecule has 2 N–H and O–H groups in total. The predicted molar refractivity (Wildman–Crippen MR) is 99.3 cm³/mol. The summed E-state index contributed by atoms with van der Waals surface area (Å²) in [5, 5.41) is 0. The second-order valence-corrected chi connectivity index (χ2v) is 5.38. The zero-order valence-electron chi connectivity index (χ0n) is 14.7. The second kappa shape index (κ2) is 9.88. The summed E-state index contributed by atoms with van der Waals surface area (Å²) in [7, 11) is 0. The van der Waals surface area contributed by atoms with Crippen LogP contribution in [0.2, 0.25) is 0 Å². The van der Waals surface area contributed by atoms with E-state index in [1.807, 2.05) is 6.92 Å². The zero-order chi connectivity index (χ0) is 18.8. The predicted octanol–water partition coefficient (Wildman–Crippen LogP) is 3.12. The zero-order valence-corrected chi connectivity index (χ0v) is 14.7. The van der Waals surface area contributed by atoms with Crippen LogP contribution in [0.4, 0.5) is 0 Å². The number of hydrazine groups is 1. The number of para-hydroxylation sites is 1. The number of ether oxygens (including phenoxy) is 2. The highest BCUT2D eigenvalue weighted by molar-refractivity contribution is 6.00. The van der Waals surface area contributed by atoms with Gasteiger partial charge in [-0.2, -0.15) is 0 Å². The lowest BCUT2D eigenvalue weighted by Gasteiger charge is -2.12. The first-order valence-corrected chi connectivity index (χ1v) is 8.32. The molecule has 0 spiro atoms. The SMILES string of the molecule is C=CCOc1ccc(C(=O)NNC(=O)c2ccccc2OCCC)cc1. The standard InChI is InChI=1S/C20H22N2O4/c1-3-13-25-16-11-9-15(10-12-16)19(23)21-22-20(24)17-7-5-6-8-18(17)26-14-4-2/h3,5-12H,1,4,13-14H2,2H3,(H,21,23)(H,22,24). The number of rotatable bonds is 8. The fraction of sp³-hybridized carbons (Fsp3) is 0.200. The molecule has 136 valence electrons. The molecule has 0 aliphatic heterocycles. The molecule has 6 nitrogen and oxygen atoms in total. The maximum absolute atomic E-state index is 12.3. The van der Waals surface area contributed by atoms with Crippen LogP contribution in [0.1, 0.15) is 34.1 Å². The van der Waals surface area contributed by atoms with Crippen LogP contribution in [0, 0.1) is 0 Å². The highest BCUT2D eigenvalue weighted by Crippen LogP contribution is 2.18. The van der Waals surface area contributed by atoms with E-state index in [1.165, 1.54) is 0 Å². The molecule has 0 aliphatic carbocycles. The van der Waals surface area contributed by atoms with E-state index in [-0.39, 0.29) is 0 Å². The van der Waals surface area contributed by atoms with Crippen LogP contribution in [0.15, 0.2) is 61.2 Å². The van der Waals surface area contributed by atoms with E-state index in [0.29, 0.717) is 35.8 Å². The van der Waals surface area contributed by atoms with E-state index in [1.54, 1.807) is 54.6 Å². The quantitative estimate of drug-likeness (QED) is 0.564. The third-order valence-electron chi connectivity index (χ3n) is 3.37. The summed E-state index contributed by atoms with van der Waals surface area (Å²) in [4.78, 5) is 24.5. The molecule has 0 saturated carbocycles. The van der Waals surface area contributed by atoms with Gasteiger partial charge >= 0.3 is 0 Å². The molecule has 0 unspecified atom stereocenters. The van der Waals surface area contributed by atoms with Gasteiger partial charge in [0.05, 0.1) is 12.2 Å². The van der Waals surface area contributed by atoms with E-state index in [2.05, 4.69) is 17.4 Å². The molecule has 2 rings (SSSR count). The van der Waals surface area contributed by atoms with Crippen molar-refractivity contribution in [2.24, 2.45) is 0 Å². The largest absolute Gasteiger partial charge is 0.493 e. The number of hydrogen-bond donors (Lipinski definition) is 2. The van der Waals surface area contributed by atoms with Crippen molar-refractivity contribution in [1.29, 1.82) is 0 Å². The van der Waals surface area contributed by atoms with E-state index < -0.39 is 11.8 Å². The number of carbonyl (C=O) groups excluding carboxylic acids is 2. The topological polar surface area (TPSA) is 76.7 Å². The number of carbonyl (C=O) groups is 2. The van der Waals surface area contributed by atoms with E-state index >= 15 is 0 Å². The van der Waals surface area contributed by atoms with Crippen molar-refractivity contribution in [2.45, 2.75) is 13.3 Å². The third-order valence-corrected chi connectivity index (χ3v) is 3.37. The van der Waals surface area contributed by atoms with Gasteiger partial charge in [0.25, 0.3) is 11.8 Å². The van der Waals surface area contributed by atoms with Crippen LogP contribution in [-0.4, -0.2) is 25.0 Å². The molecule has 2 aromatic rings. The van der Waals surface area contributed by atoms with Crippen LogP contribution in [0.3, 0.4) is 0 Å². The van der Waals surface area contributed by atoms with Gasteiger partial charge in [0.15, 0.2) is 0 Å². The van der Waals surface area contributed by atoms with Gasteiger partial charge < -0.3 is 9.47 Å². The van der Waals surface area contributed by atoms with Crippen LogP contribution in [0.25, 0.3) is 0 Å². The molecule has 6 heteroatoms. The van der Waals surface area contributed by atoms with Gasteiger partial charge in [0.1, 0.15) is 18.1 Å². The molecule has 0 fully saturated rings. The number of amides is 2. The smallest absolute Gasteiger partial charge is 0.273 e. The highest BCUT2D eigenvalue weighted by Gasteiger charge is 2.13. The lowest BCUT2D eigenvalue weighted by Crippen LogP contribution is -2.41. The molecule has 26 heavy (non-hydrogen) atoms.